The van der Waals surface area contributed by atoms with Gasteiger partial charge in [-0.2, -0.15) is 0 Å². The van der Waals surface area contributed by atoms with Gasteiger partial charge in [-0.05, 0) is 122 Å². The van der Waals surface area contributed by atoms with Gasteiger partial charge in [-0.3, -0.25) is 0 Å². The zero-order valence-electron chi connectivity index (χ0n) is 27.8. The minimum Gasteiger partial charge on any atom is -0.0622 e. The van der Waals surface area contributed by atoms with Gasteiger partial charge in [0.2, 0.25) is 0 Å². The van der Waals surface area contributed by atoms with Crippen LogP contribution in [0.15, 0.2) is 182 Å². The van der Waals surface area contributed by atoms with E-state index in [4.69, 9.17) is 0 Å². The van der Waals surface area contributed by atoms with Crippen molar-refractivity contribution in [3.05, 3.63) is 204 Å². The highest BCUT2D eigenvalue weighted by Gasteiger charge is 2.52. The summed E-state index contributed by atoms with van der Waals surface area (Å²) in [5.74, 6) is 0. The van der Waals surface area contributed by atoms with Gasteiger partial charge < -0.3 is 0 Å². The lowest BCUT2D eigenvalue weighted by Gasteiger charge is -2.31. The molecule has 0 saturated carbocycles. The molecule has 10 aromatic carbocycles. The van der Waals surface area contributed by atoms with Crippen LogP contribution in [0.1, 0.15) is 22.3 Å². The average molecular weight is 643 g/mol. The van der Waals surface area contributed by atoms with E-state index in [1.54, 1.807) is 0 Å². The van der Waals surface area contributed by atoms with Gasteiger partial charge in [0.15, 0.2) is 0 Å². The van der Waals surface area contributed by atoms with E-state index in [0.29, 0.717) is 0 Å². The van der Waals surface area contributed by atoms with Crippen LogP contribution in [-0.2, 0) is 5.41 Å². The molecular formula is C51H30. The highest BCUT2D eigenvalue weighted by Crippen LogP contribution is 2.64. The molecule has 0 fully saturated rings. The lowest BCUT2D eigenvalue weighted by molar-refractivity contribution is 0.795. The van der Waals surface area contributed by atoms with Crippen molar-refractivity contribution in [2.45, 2.75) is 5.41 Å². The molecule has 0 heteroatoms. The SMILES string of the molecule is c1ccc(-c2c3c(cc4cc(-c5ccc6ccc7cccc8ccc5c6c78)ccc24)C2(c4ccccc4-c4ccccc42)c2ccccc2-3)cc1. The van der Waals surface area contributed by atoms with E-state index in [9.17, 15) is 0 Å². The van der Waals surface area contributed by atoms with E-state index in [1.807, 2.05) is 0 Å². The summed E-state index contributed by atoms with van der Waals surface area (Å²) in [6, 6.07) is 68.6. The first-order chi connectivity index (χ1) is 25.3. The van der Waals surface area contributed by atoms with Gasteiger partial charge >= 0.3 is 0 Å². The van der Waals surface area contributed by atoms with E-state index in [1.165, 1.54) is 110 Å². The van der Waals surface area contributed by atoms with Crippen LogP contribution in [0.3, 0.4) is 0 Å². The Labute approximate surface area is 296 Å². The van der Waals surface area contributed by atoms with Gasteiger partial charge in [-0.25, -0.2) is 0 Å². The molecule has 0 atom stereocenters. The Balaban J connectivity index is 1.21. The van der Waals surface area contributed by atoms with Crippen LogP contribution in [0.4, 0.5) is 0 Å². The summed E-state index contributed by atoms with van der Waals surface area (Å²) in [6.45, 7) is 0. The number of benzene rings is 10. The Kier molecular flexibility index (Phi) is 5.26. The van der Waals surface area contributed by atoms with Crippen LogP contribution in [0.2, 0.25) is 0 Å². The molecule has 0 bridgehead atoms. The van der Waals surface area contributed by atoms with Gasteiger partial charge in [-0.15, -0.1) is 0 Å². The minimum absolute atomic E-state index is 0.403. The molecule has 0 heterocycles. The average Bonchev–Trinajstić information content (AvgIpc) is 3.66. The van der Waals surface area contributed by atoms with Crippen LogP contribution in [-0.4, -0.2) is 0 Å². The van der Waals surface area contributed by atoms with Crippen molar-refractivity contribution >= 4 is 43.1 Å². The number of hydrogen-bond acceptors (Lipinski definition) is 0. The second-order valence-electron chi connectivity index (χ2n) is 14.3. The van der Waals surface area contributed by atoms with Crippen LogP contribution < -0.4 is 0 Å². The topological polar surface area (TPSA) is 0 Å². The smallest absolute Gasteiger partial charge is 0.0622 e. The highest BCUT2D eigenvalue weighted by atomic mass is 14.5. The van der Waals surface area contributed by atoms with Gasteiger partial charge in [-0.1, -0.05) is 170 Å². The lowest BCUT2D eigenvalue weighted by atomic mass is 9.70. The fourth-order valence-electron chi connectivity index (χ4n) is 10.0. The first-order valence-electron chi connectivity index (χ1n) is 17.9. The third-order valence-electron chi connectivity index (χ3n) is 12.0. The molecule has 1 spiro atoms. The maximum Gasteiger partial charge on any atom is 0.0725 e. The third kappa shape index (κ3) is 3.40. The van der Waals surface area contributed by atoms with Crippen molar-refractivity contribution in [2.24, 2.45) is 0 Å². The maximum absolute atomic E-state index is 2.54. The predicted octanol–water partition coefficient (Wildman–Crippen LogP) is 13.4. The molecule has 12 rings (SSSR count). The third-order valence-corrected chi connectivity index (χ3v) is 12.0. The van der Waals surface area contributed by atoms with E-state index >= 15 is 0 Å². The Hall–Kier alpha value is -6.50. The van der Waals surface area contributed by atoms with Gasteiger partial charge in [0.05, 0.1) is 5.41 Å². The fourth-order valence-corrected chi connectivity index (χ4v) is 10.0. The van der Waals surface area contributed by atoms with Crippen molar-refractivity contribution in [3.63, 3.8) is 0 Å². The predicted molar refractivity (Wildman–Crippen MR) is 215 cm³/mol. The molecule has 10 aromatic rings. The van der Waals surface area contributed by atoms with Crippen molar-refractivity contribution in [1.82, 2.24) is 0 Å². The molecule has 51 heavy (non-hydrogen) atoms. The lowest BCUT2D eigenvalue weighted by Crippen LogP contribution is -2.25. The molecule has 0 amide bonds. The maximum atomic E-state index is 2.54. The Morgan fingerprint density at radius 1 is 0.275 bits per heavy atom. The quantitative estimate of drug-likeness (QED) is 0.165. The standard InChI is InChI=1S/C51H30/c1-2-11-31(12-3-1)48-38-27-25-35(37-26-23-34-22-21-32-13-10-14-33-24-28-41(37)49(34)47(32)33)29-36(38)30-46-50(48)42-17-6-9-20-45(42)51(46)43-18-7-4-15-39(43)40-16-5-8-19-44(40)51/h1-30H. The minimum atomic E-state index is -0.403. The summed E-state index contributed by atoms with van der Waals surface area (Å²) >= 11 is 0. The highest BCUT2D eigenvalue weighted by molar-refractivity contribution is 6.25. The number of fused-ring (bicyclic) bond motifs is 11. The van der Waals surface area contributed by atoms with Crippen LogP contribution in [0.5, 0.6) is 0 Å². The summed E-state index contributed by atoms with van der Waals surface area (Å²) in [5.41, 5.74) is 15.5. The van der Waals surface area contributed by atoms with Crippen molar-refractivity contribution in [2.75, 3.05) is 0 Å². The van der Waals surface area contributed by atoms with Gasteiger partial charge in [0.1, 0.15) is 0 Å². The zero-order valence-corrected chi connectivity index (χ0v) is 27.8. The largest absolute Gasteiger partial charge is 0.0725 e. The van der Waals surface area contributed by atoms with Crippen molar-refractivity contribution in [3.8, 4) is 44.5 Å². The number of hydrogen-bond donors (Lipinski definition) is 0. The van der Waals surface area contributed by atoms with E-state index in [2.05, 4.69) is 182 Å². The molecule has 0 aliphatic heterocycles. The Bertz CT molecular complexity index is 3010. The summed E-state index contributed by atoms with van der Waals surface area (Å²) < 4.78 is 0. The monoisotopic (exact) mass is 642 g/mol. The molecule has 0 saturated heterocycles. The van der Waals surface area contributed by atoms with Gasteiger partial charge in [0, 0.05) is 0 Å². The van der Waals surface area contributed by atoms with Crippen LogP contribution >= 0.6 is 0 Å². The normalized spacial score (nSPS) is 13.6. The second-order valence-corrected chi connectivity index (χ2v) is 14.3. The number of rotatable bonds is 2. The van der Waals surface area contributed by atoms with E-state index < -0.39 is 5.41 Å². The summed E-state index contributed by atoms with van der Waals surface area (Å²) in [6.07, 6.45) is 0. The first-order valence-corrected chi connectivity index (χ1v) is 17.9. The summed E-state index contributed by atoms with van der Waals surface area (Å²) in [5, 5.41) is 10.5. The summed E-state index contributed by atoms with van der Waals surface area (Å²) in [7, 11) is 0. The molecule has 2 aliphatic carbocycles. The molecule has 0 nitrogen and oxygen atoms in total. The molecule has 0 unspecified atom stereocenters. The Morgan fingerprint density at radius 2 is 0.843 bits per heavy atom. The molecule has 0 radical (unpaired) electrons. The molecule has 2 aliphatic rings. The summed E-state index contributed by atoms with van der Waals surface area (Å²) in [4.78, 5) is 0. The van der Waals surface area contributed by atoms with Crippen LogP contribution in [0.25, 0.3) is 87.6 Å². The zero-order chi connectivity index (χ0) is 33.3. The fraction of sp³-hybridized carbons (Fsp3) is 0.0196. The van der Waals surface area contributed by atoms with Crippen LogP contribution in [0, 0.1) is 0 Å². The van der Waals surface area contributed by atoms with Gasteiger partial charge in [0.25, 0.3) is 0 Å². The molecular weight excluding hydrogens is 613 g/mol. The van der Waals surface area contributed by atoms with Crippen molar-refractivity contribution in [1.29, 1.82) is 0 Å². The molecule has 0 aromatic heterocycles. The first kappa shape index (κ1) is 27.3. The molecule has 0 N–H and O–H groups in total. The molecule has 234 valence electrons. The van der Waals surface area contributed by atoms with E-state index in [-0.39, 0.29) is 0 Å². The van der Waals surface area contributed by atoms with Crippen molar-refractivity contribution < 1.29 is 0 Å². The van der Waals surface area contributed by atoms with E-state index in [0.717, 1.165) is 0 Å². The Morgan fingerprint density at radius 3 is 1.57 bits per heavy atom. The second kappa shape index (κ2) is 9.81.